The fraction of sp³-hybridized carbons (Fsp3) is 0.348. The van der Waals surface area contributed by atoms with E-state index < -0.39 is 0 Å². The van der Waals surface area contributed by atoms with Crippen LogP contribution >= 0.6 is 0 Å². The number of aryl methyl sites for hydroxylation is 1. The number of benzene rings is 2. The van der Waals surface area contributed by atoms with Gasteiger partial charge in [-0.1, -0.05) is 57.2 Å². The highest BCUT2D eigenvalue weighted by Crippen LogP contribution is 2.23. The van der Waals surface area contributed by atoms with Crippen LogP contribution in [-0.4, -0.2) is 5.11 Å². The highest BCUT2D eigenvalue weighted by Gasteiger charge is 2.10. The summed E-state index contributed by atoms with van der Waals surface area (Å²) in [4.78, 5) is 12.8. The largest absolute Gasteiger partial charge is 0.508 e. The van der Waals surface area contributed by atoms with E-state index in [4.69, 9.17) is 4.42 Å². The summed E-state index contributed by atoms with van der Waals surface area (Å²) in [6.45, 7) is 2.23. The summed E-state index contributed by atoms with van der Waals surface area (Å²) in [5.74, 6) is 0.179. The number of phenolic OH excluding ortho intramolecular Hbond substituents is 1. The zero-order chi connectivity index (χ0) is 18.4. The van der Waals surface area contributed by atoms with Gasteiger partial charge in [0.05, 0.1) is 10.9 Å². The van der Waals surface area contributed by atoms with Crippen molar-refractivity contribution in [1.82, 2.24) is 0 Å². The minimum atomic E-state index is -0.0388. The SMILES string of the molecule is CCCCCCCCc1ccc2c(=O)c(-c3ccc(O)cc3)coc2c1. The van der Waals surface area contributed by atoms with Gasteiger partial charge in [0.2, 0.25) is 0 Å². The van der Waals surface area contributed by atoms with E-state index in [2.05, 4.69) is 6.92 Å². The maximum absolute atomic E-state index is 12.8. The van der Waals surface area contributed by atoms with Crippen LogP contribution in [0.1, 0.15) is 51.0 Å². The Morgan fingerprint density at radius 2 is 1.65 bits per heavy atom. The third-order valence-electron chi connectivity index (χ3n) is 4.84. The number of rotatable bonds is 8. The molecule has 1 N–H and O–H groups in total. The van der Waals surface area contributed by atoms with Gasteiger partial charge < -0.3 is 9.52 Å². The van der Waals surface area contributed by atoms with E-state index in [0.717, 1.165) is 12.0 Å². The van der Waals surface area contributed by atoms with E-state index in [-0.39, 0.29) is 11.2 Å². The molecule has 1 heterocycles. The molecule has 0 fully saturated rings. The first kappa shape index (κ1) is 18.2. The van der Waals surface area contributed by atoms with Crippen molar-refractivity contribution >= 4 is 11.0 Å². The molecule has 1 aromatic heterocycles. The normalized spacial score (nSPS) is 11.1. The summed E-state index contributed by atoms with van der Waals surface area (Å²) < 4.78 is 5.75. The quantitative estimate of drug-likeness (QED) is 0.502. The molecule has 0 atom stereocenters. The van der Waals surface area contributed by atoms with Crippen molar-refractivity contribution in [3.63, 3.8) is 0 Å². The molecule has 0 aliphatic heterocycles. The lowest BCUT2D eigenvalue weighted by molar-refractivity contribution is 0.475. The third-order valence-corrected chi connectivity index (χ3v) is 4.84. The Labute approximate surface area is 154 Å². The summed E-state index contributed by atoms with van der Waals surface area (Å²) in [6, 6.07) is 12.5. The third kappa shape index (κ3) is 4.34. The fourth-order valence-electron chi connectivity index (χ4n) is 3.28. The second-order valence-corrected chi connectivity index (χ2v) is 6.87. The average Bonchev–Trinajstić information content (AvgIpc) is 2.66. The summed E-state index contributed by atoms with van der Waals surface area (Å²) in [6.07, 6.45) is 10.2. The van der Waals surface area contributed by atoms with Gasteiger partial charge >= 0.3 is 0 Å². The van der Waals surface area contributed by atoms with Crippen LogP contribution in [0.5, 0.6) is 5.75 Å². The van der Waals surface area contributed by atoms with Gasteiger partial charge in [-0.25, -0.2) is 0 Å². The lowest BCUT2D eigenvalue weighted by Gasteiger charge is -2.06. The van der Waals surface area contributed by atoms with Crippen molar-refractivity contribution in [3.05, 3.63) is 64.5 Å². The Morgan fingerprint density at radius 3 is 2.42 bits per heavy atom. The summed E-state index contributed by atoms with van der Waals surface area (Å²) >= 11 is 0. The molecule has 136 valence electrons. The minimum absolute atomic E-state index is 0.0388. The van der Waals surface area contributed by atoms with Gasteiger partial charge in [0, 0.05) is 0 Å². The Kier molecular flexibility index (Phi) is 6.11. The first-order valence-electron chi connectivity index (χ1n) is 9.53. The molecule has 0 saturated heterocycles. The van der Waals surface area contributed by atoms with Crippen molar-refractivity contribution < 1.29 is 9.52 Å². The lowest BCUT2D eigenvalue weighted by Crippen LogP contribution is -2.05. The molecule has 0 aliphatic carbocycles. The Hall–Kier alpha value is -2.55. The average molecular weight is 350 g/mol. The molecule has 0 amide bonds. The molecular weight excluding hydrogens is 324 g/mol. The highest BCUT2D eigenvalue weighted by atomic mass is 16.3. The van der Waals surface area contributed by atoms with Gasteiger partial charge in [0.25, 0.3) is 0 Å². The predicted molar refractivity (Wildman–Crippen MR) is 107 cm³/mol. The fourth-order valence-corrected chi connectivity index (χ4v) is 3.28. The Balaban J connectivity index is 1.74. The van der Waals surface area contributed by atoms with Crippen LogP contribution in [0.15, 0.2) is 57.9 Å². The molecule has 3 aromatic rings. The number of aromatic hydroxyl groups is 1. The number of phenols is 1. The van der Waals surface area contributed by atoms with E-state index in [1.54, 1.807) is 24.3 Å². The molecule has 3 heteroatoms. The molecule has 0 saturated carbocycles. The van der Waals surface area contributed by atoms with Crippen molar-refractivity contribution in [3.8, 4) is 16.9 Å². The molecule has 26 heavy (non-hydrogen) atoms. The molecule has 0 aliphatic rings. The Morgan fingerprint density at radius 1 is 0.923 bits per heavy atom. The topological polar surface area (TPSA) is 50.4 Å². The van der Waals surface area contributed by atoms with Crippen LogP contribution in [0, 0.1) is 0 Å². The van der Waals surface area contributed by atoms with Gasteiger partial charge in [-0.2, -0.15) is 0 Å². The number of hydrogen-bond acceptors (Lipinski definition) is 3. The van der Waals surface area contributed by atoms with Crippen LogP contribution < -0.4 is 5.43 Å². The van der Waals surface area contributed by atoms with E-state index in [1.165, 1.54) is 50.4 Å². The zero-order valence-electron chi connectivity index (χ0n) is 15.3. The molecule has 0 unspecified atom stereocenters. The predicted octanol–water partition coefficient (Wildman–Crippen LogP) is 6.07. The van der Waals surface area contributed by atoms with E-state index in [1.807, 2.05) is 18.2 Å². The first-order chi connectivity index (χ1) is 12.7. The molecule has 2 aromatic carbocycles. The van der Waals surface area contributed by atoms with Crippen LogP contribution in [0.3, 0.4) is 0 Å². The second kappa shape index (κ2) is 8.70. The van der Waals surface area contributed by atoms with E-state index in [9.17, 15) is 9.90 Å². The van der Waals surface area contributed by atoms with Gasteiger partial charge in [-0.3, -0.25) is 4.79 Å². The summed E-state index contributed by atoms with van der Waals surface area (Å²) in [7, 11) is 0. The molecule has 0 radical (unpaired) electrons. The maximum atomic E-state index is 12.8. The molecule has 3 nitrogen and oxygen atoms in total. The van der Waals surface area contributed by atoms with E-state index >= 15 is 0 Å². The minimum Gasteiger partial charge on any atom is -0.508 e. The Bertz CT molecular complexity index is 907. The van der Waals surface area contributed by atoms with Crippen molar-refractivity contribution in [2.75, 3.05) is 0 Å². The van der Waals surface area contributed by atoms with Gasteiger partial charge in [0.1, 0.15) is 17.6 Å². The van der Waals surface area contributed by atoms with E-state index in [0.29, 0.717) is 16.5 Å². The van der Waals surface area contributed by atoms with Crippen molar-refractivity contribution in [2.45, 2.75) is 51.9 Å². The number of hydrogen-bond donors (Lipinski definition) is 1. The smallest absolute Gasteiger partial charge is 0.200 e. The molecular formula is C23H26O3. The summed E-state index contributed by atoms with van der Waals surface area (Å²) in [5.41, 5.74) is 3.08. The molecule has 0 spiro atoms. The first-order valence-corrected chi connectivity index (χ1v) is 9.53. The number of fused-ring (bicyclic) bond motifs is 1. The van der Waals surface area contributed by atoms with Crippen LogP contribution in [0.4, 0.5) is 0 Å². The van der Waals surface area contributed by atoms with Crippen molar-refractivity contribution in [2.24, 2.45) is 0 Å². The van der Waals surface area contributed by atoms with Gasteiger partial charge in [0.15, 0.2) is 5.43 Å². The molecule has 0 bridgehead atoms. The lowest BCUT2D eigenvalue weighted by atomic mass is 10.0. The number of unbranched alkanes of at least 4 members (excludes halogenated alkanes) is 5. The van der Waals surface area contributed by atoms with Crippen molar-refractivity contribution in [1.29, 1.82) is 0 Å². The van der Waals surface area contributed by atoms with Gasteiger partial charge in [-0.05, 0) is 48.2 Å². The standard InChI is InChI=1S/C23H26O3/c1-2-3-4-5-6-7-8-17-9-14-20-22(15-17)26-16-21(23(20)25)18-10-12-19(24)13-11-18/h9-16,24H,2-8H2,1H3. The second-order valence-electron chi connectivity index (χ2n) is 6.87. The highest BCUT2D eigenvalue weighted by molar-refractivity contribution is 5.82. The zero-order valence-corrected chi connectivity index (χ0v) is 15.3. The monoisotopic (exact) mass is 350 g/mol. The van der Waals surface area contributed by atoms with Gasteiger partial charge in [-0.15, -0.1) is 0 Å². The van der Waals surface area contributed by atoms with Crippen LogP contribution in [0.25, 0.3) is 22.1 Å². The maximum Gasteiger partial charge on any atom is 0.200 e. The molecule has 3 rings (SSSR count). The van der Waals surface area contributed by atoms with Crippen LogP contribution in [-0.2, 0) is 6.42 Å². The summed E-state index contributed by atoms with van der Waals surface area (Å²) in [5, 5.41) is 10.0. The van der Waals surface area contributed by atoms with Crippen LogP contribution in [0.2, 0.25) is 0 Å².